The van der Waals surface area contributed by atoms with Gasteiger partial charge in [-0.3, -0.25) is 0 Å². The zero-order chi connectivity index (χ0) is 8.81. The van der Waals surface area contributed by atoms with Gasteiger partial charge >= 0.3 is 0 Å². The van der Waals surface area contributed by atoms with Crippen LogP contribution < -0.4 is 4.74 Å². The Kier molecular flexibility index (Phi) is 3.61. The zero-order valence-corrected chi connectivity index (χ0v) is 7.25. The van der Waals surface area contributed by atoms with Crippen molar-refractivity contribution in [3.05, 3.63) is 29.3 Å². The van der Waals surface area contributed by atoms with E-state index in [1.807, 2.05) is 12.1 Å². The van der Waals surface area contributed by atoms with E-state index in [1.165, 1.54) is 0 Å². The predicted octanol–water partition coefficient (Wildman–Crippen LogP) is 2.31. The fourth-order valence-electron chi connectivity index (χ4n) is 0.779. The number of ether oxygens (including phenoxy) is 1. The van der Waals surface area contributed by atoms with Gasteiger partial charge in [0.2, 0.25) is 0 Å². The van der Waals surface area contributed by atoms with E-state index in [9.17, 15) is 4.79 Å². The molecular formula is C9H9ClO2. The molecule has 0 N–H and O–H groups in total. The van der Waals surface area contributed by atoms with Gasteiger partial charge in [0.1, 0.15) is 12.0 Å². The Bertz CT molecular complexity index is 260. The smallest absolute Gasteiger partial charge is 0.137 e. The lowest BCUT2D eigenvalue weighted by Crippen LogP contribution is -1.97. The van der Waals surface area contributed by atoms with Gasteiger partial charge in [0.25, 0.3) is 0 Å². The van der Waals surface area contributed by atoms with Gasteiger partial charge in [0.15, 0.2) is 0 Å². The van der Waals surface area contributed by atoms with Gasteiger partial charge in [-0.05, 0) is 12.1 Å². The van der Waals surface area contributed by atoms with Crippen LogP contribution in [-0.4, -0.2) is 12.9 Å². The summed E-state index contributed by atoms with van der Waals surface area (Å²) in [6.07, 6.45) is 1.21. The SMILES string of the molecule is O=CCCOc1ccccc1Cl. The molecule has 0 unspecified atom stereocenters. The van der Waals surface area contributed by atoms with E-state index in [0.717, 1.165) is 6.29 Å². The van der Waals surface area contributed by atoms with E-state index in [-0.39, 0.29) is 0 Å². The molecule has 0 fully saturated rings. The maximum Gasteiger partial charge on any atom is 0.137 e. The Hall–Kier alpha value is -1.02. The van der Waals surface area contributed by atoms with E-state index in [2.05, 4.69) is 0 Å². The summed E-state index contributed by atoms with van der Waals surface area (Å²) >= 11 is 5.79. The van der Waals surface area contributed by atoms with Crippen molar-refractivity contribution < 1.29 is 9.53 Å². The Labute approximate surface area is 76.1 Å². The minimum absolute atomic E-state index is 0.382. The fraction of sp³-hybridized carbons (Fsp3) is 0.222. The van der Waals surface area contributed by atoms with E-state index in [4.69, 9.17) is 16.3 Å². The van der Waals surface area contributed by atoms with Gasteiger partial charge in [0.05, 0.1) is 11.6 Å². The zero-order valence-electron chi connectivity index (χ0n) is 6.50. The molecule has 0 amide bonds. The molecule has 0 spiro atoms. The molecule has 0 heterocycles. The van der Waals surface area contributed by atoms with Crippen molar-refractivity contribution in [2.24, 2.45) is 0 Å². The summed E-state index contributed by atoms with van der Waals surface area (Å²) in [6, 6.07) is 7.18. The first kappa shape index (κ1) is 9.07. The molecule has 0 aliphatic rings. The number of hydrogen-bond acceptors (Lipinski definition) is 2. The molecule has 1 aromatic carbocycles. The average molecular weight is 185 g/mol. The molecule has 64 valence electrons. The maximum atomic E-state index is 9.97. The normalized spacial score (nSPS) is 9.42. The first-order valence-corrected chi connectivity index (χ1v) is 4.03. The Balaban J connectivity index is 2.51. The van der Waals surface area contributed by atoms with Crippen LogP contribution in [0.2, 0.25) is 5.02 Å². The van der Waals surface area contributed by atoms with E-state index in [1.54, 1.807) is 12.1 Å². The lowest BCUT2D eigenvalue weighted by Gasteiger charge is -2.04. The van der Waals surface area contributed by atoms with E-state index >= 15 is 0 Å². The van der Waals surface area contributed by atoms with Crippen LogP contribution in [0.4, 0.5) is 0 Å². The number of aldehydes is 1. The second kappa shape index (κ2) is 4.78. The summed E-state index contributed by atoms with van der Waals surface area (Å²) in [5.74, 6) is 0.626. The number of rotatable bonds is 4. The van der Waals surface area contributed by atoms with Gasteiger partial charge in [-0.15, -0.1) is 0 Å². The summed E-state index contributed by atoms with van der Waals surface area (Å²) in [7, 11) is 0. The second-order valence-electron chi connectivity index (χ2n) is 2.23. The molecule has 0 saturated heterocycles. The lowest BCUT2D eigenvalue weighted by atomic mass is 10.3. The highest BCUT2D eigenvalue weighted by molar-refractivity contribution is 6.32. The summed E-state index contributed by atoms with van der Waals surface area (Å²) in [4.78, 5) is 9.97. The van der Waals surface area contributed by atoms with Crippen LogP contribution in [0.15, 0.2) is 24.3 Å². The highest BCUT2D eigenvalue weighted by atomic mass is 35.5. The predicted molar refractivity (Wildman–Crippen MR) is 47.6 cm³/mol. The molecular weight excluding hydrogens is 176 g/mol. The summed E-state index contributed by atoms with van der Waals surface area (Å²) in [5, 5.41) is 0.573. The molecule has 0 aromatic heterocycles. The van der Waals surface area contributed by atoms with Crippen molar-refractivity contribution in [2.45, 2.75) is 6.42 Å². The number of halogens is 1. The van der Waals surface area contributed by atoms with Crippen molar-refractivity contribution in [3.8, 4) is 5.75 Å². The number of benzene rings is 1. The van der Waals surface area contributed by atoms with Crippen molar-refractivity contribution in [1.29, 1.82) is 0 Å². The third-order valence-electron chi connectivity index (χ3n) is 1.33. The maximum absolute atomic E-state index is 9.97. The fourth-order valence-corrected chi connectivity index (χ4v) is 0.969. The summed E-state index contributed by atoms with van der Waals surface area (Å²) in [5.41, 5.74) is 0. The molecule has 0 radical (unpaired) electrons. The van der Waals surface area contributed by atoms with Crippen molar-refractivity contribution >= 4 is 17.9 Å². The van der Waals surface area contributed by atoms with Gasteiger partial charge in [-0.25, -0.2) is 0 Å². The number of carbonyl (C=O) groups is 1. The second-order valence-corrected chi connectivity index (χ2v) is 2.64. The van der Waals surface area contributed by atoms with Gasteiger partial charge < -0.3 is 9.53 Å². The third-order valence-corrected chi connectivity index (χ3v) is 1.64. The van der Waals surface area contributed by atoms with Crippen LogP contribution in [0.5, 0.6) is 5.75 Å². The van der Waals surface area contributed by atoms with Crippen molar-refractivity contribution in [2.75, 3.05) is 6.61 Å². The average Bonchev–Trinajstić information content (AvgIpc) is 2.09. The summed E-state index contributed by atoms with van der Waals surface area (Å²) in [6.45, 7) is 0.382. The number of carbonyl (C=O) groups excluding carboxylic acids is 1. The summed E-state index contributed by atoms with van der Waals surface area (Å²) < 4.78 is 5.21. The van der Waals surface area contributed by atoms with Crippen molar-refractivity contribution in [3.63, 3.8) is 0 Å². The van der Waals surface area contributed by atoms with Gasteiger partial charge in [-0.2, -0.15) is 0 Å². The topological polar surface area (TPSA) is 26.3 Å². The molecule has 0 aliphatic carbocycles. The van der Waals surface area contributed by atoms with E-state index in [0.29, 0.717) is 23.8 Å². The van der Waals surface area contributed by atoms with Crippen LogP contribution in [0, 0.1) is 0 Å². The molecule has 1 rings (SSSR count). The molecule has 12 heavy (non-hydrogen) atoms. The largest absolute Gasteiger partial charge is 0.492 e. The quantitative estimate of drug-likeness (QED) is 0.530. The van der Waals surface area contributed by atoms with Crippen LogP contribution in [0.3, 0.4) is 0 Å². The standard InChI is InChI=1S/C9H9ClO2/c10-8-4-1-2-5-9(8)12-7-3-6-11/h1-2,4-6H,3,7H2. The van der Waals surface area contributed by atoms with Crippen LogP contribution in [0.1, 0.15) is 6.42 Å². The Morgan fingerprint density at radius 1 is 1.42 bits per heavy atom. The number of para-hydroxylation sites is 1. The number of hydrogen-bond donors (Lipinski definition) is 0. The van der Waals surface area contributed by atoms with Crippen LogP contribution in [0.25, 0.3) is 0 Å². The minimum Gasteiger partial charge on any atom is -0.492 e. The highest BCUT2D eigenvalue weighted by Gasteiger charge is 1.97. The van der Waals surface area contributed by atoms with E-state index < -0.39 is 0 Å². The first-order valence-electron chi connectivity index (χ1n) is 3.65. The molecule has 3 heteroatoms. The van der Waals surface area contributed by atoms with Crippen LogP contribution in [-0.2, 0) is 4.79 Å². The minimum atomic E-state index is 0.382. The molecule has 0 aliphatic heterocycles. The van der Waals surface area contributed by atoms with Crippen LogP contribution >= 0.6 is 11.6 Å². The third kappa shape index (κ3) is 2.55. The van der Waals surface area contributed by atoms with Gasteiger partial charge in [0, 0.05) is 6.42 Å². The Morgan fingerprint density at radius 3 is 2.83 bits per heavy atom. The van der Waals surface area contributed by atoms with Crippen molar-refractivity contribution in [1.82, 2.24) is 0 Å². The molecule has 0 saturated carbocycles. The first-order chi connectivity index (χ1) is 5.84. The molecule has 0 atom stereocenters. The lowest BCUT2D eigenvalue weighted by molar-refractivity contribution is -0.108. The Morgan fingerprint density at radius 2 is 2.17 bits per heavy atom. The monoisotopic (exact) mass is 184 g/mol. The highest BCUT2D eigenvalue weighted by Crippen LogP contribution is 2.22. The molecule has 0 bridgehead atoms. The molecule has 1 aromatic rings. The molecule has 2 nitrogen and oxygen atoms in total. The van der Waals surface area contributed by atoms with Gasteiger partial charge in [-0.1, -0.05) is 23.7 Å².